The third-order valence-corrected chi connectivity index (χ3v) is 5.28. The van der Waals surface area contributed by atoms with Gasteiger partial charge in [-0.15, -0.1) is 0 Å². The Morgan fingerprint density at radius 1 is 1.19 bits per heavy atom. The number of hydrogen-bond donors (Lipinski definition) is 1. The van der Waals surface area contributed by atoms with Crippen LogP contribution < -0.4 is 0 Å². The molecule has 0 radical (unpaired) electrons. The van der Waals surface area contributed by atoms with Crippen molar-refractivity contribution in [2.75, 3.05) is 6.61 Å². The summed E-state index contributed by atoms with van der Waals surface area (Å²) in [7, 11) is 0. The summed E-state index contributed by atoms with van der Waals surface area (Å²) in [6.45, 7) is 7.29. The first-order chi connectivity index (χ1) is 12.9. The molecule has 1 aliphatic heterocycles. The van der Waals surface area contributed by atoms with E-state index in [4.69, 9.17) is 14.2 Å². The fraction of sp³-hybridized carbons (Fsp3) is 0.652. The Hall–Kier alpha value is -1.20. The lowest BCUT2D eigenvalue weighted by atomic mass is 9.94. The quantitative estimate of drug-likeness (QED) is 0.739. The van der Waals surface area contributed by atoms with Gasteiger partial charge in [0.15, 0.2) is 5.79 Å². The zero-order valence-electron chi connectivity index (χ0n) is 16.9. The second kappa shape index (κ2) is 8.87. The van der Waals surface area contributed by atoms with Gasteiger partial charge in [-0.1, -0.05) is 69.7 Å². The monoisotopic (exact) mass is 374 g/mol. The molecule has 2 aliphatic rings. The van der Waals surface area contributed by atoms with Crippen LogP contribution in [0.1, 0.15) is 58.4 Å². The predicted octanol–water partition coefficient (Wildman–Crippen LogP) is 4.61. The summed E-state index contributed by atoms with van der Waals surface area (Å²) in [6, 6.07) is 10.0. The highest BCUT2D eigenvalue weighted by Crippen LogP contribution is 2.39. The summed E-state index contributed by atoms with van der Waals surface area (Å²) in [5, 5.41) is 11.0. The third-order valence-electron chi connectivity index (χ3n) is 5.28. The molecule has 27 heavy (non-hydrogen) atoms. The molecule has 1 N–H and O–H groups in total. The number of rotatable bonds is 6. The summed E-state index contributed by atoms with van der Waals surface area (Å²) >= 11 is 0. The smallest absolute Gasteiger partial charge is 0.169 e. The normalized spacial score (nSPS) is 25.1. The van der Waals surface area contributed by atoms with E-state index in [1.165, 1.54) is 6.42 Å². The number of allylic oxidation sites excluding steroid dienone is 1. The van der Waals surface area contributed by atoms with Gasteiger partial charge in [-0.2, -0.15) is 0 Å². The lowest BCUT2D eigenvalue weighted by Gasteiger charge is -2.33. The molecule has 0 amide bonds. The highest BCUT2D eigenvalue weighted by Gasteiger charge is 2.45. The maximum atomic E-state index is 11.0. The van der Waals surface area contributed by atoms with Crippen molar-refractivity contribution in [3.05, 3.63) is 48.0 Å². The van der Waals surface area contributed by atoms with Crippen LogP contribution in [0.4, 0.5) is 0 Å². The Bertz CT molecular complexity index is 599. The average Bonchev–Trinajstić information content (AvgIpc) is 3.05. The second-order valence-corrected chi connectivity index (χ2v) is 8.92. The lowest BCUT2D eigenvalue weighted by molar-refractivity contribution is -0.201. The van der Waals surface area contributed by atoms with Gasteiger partial charge in [0.1, 0.15) is 18.3 Å². The van der Waals surface area contributed by atoms with Crippen molar-refractivity contribution >= 4 is 0 Å². The van der Waals surface area contributed by atoms with Gasteiger partial charge >= 0.3 is 0 Å². The van der Waals surface area contributed by atoms with Gasteiger partial charge in [-0.3, -0.25) is 0 Å². The van der Waals surface area contributed by atoms with Crippen molar-refractivity contribution < 1.29 is 19.3 Å². The number of ether oxygens (including phenoxy) is 3. The van der Waals surface area contributed by atoms with Crippen LogP contribution in [0.2, 0.25) is 0 Å². The van der Waals surface area contributed by atoms with E-state index in [1.807, 2.05) is 36.4 Å². The van der Waals surface area contributed by atoms with E-state index >= 15 is 0 Å². The Kier molecular flexibility index (Phi) is 6.74. The van der Waals surface area contributed by atoms with E-state index in [-0.39, 0.29) is 11.5 Å². The number of aliphatic hydroxyl groups is 1. The highest BCUT2D eigenvalue weighted by molar-refractivity contribution is 5.14. The average molecular weight is 375 g/mol. The molecule has 4 nitrogen and oxygen atoms in total. The fourth-order valence-corrected chi connectivity index (χ4v) is 3.73. The summed E-state index contributed by atoms with van der Waals surface area (Å²) in [4.78, 5) is 0. The van der Waals surface area contributed by atoms with Gasteiger partial charge in [-0.25, -0.2) is 0 Å². The molecule has 1 saturated carbocycles. The first-order valence-electron chi connectivity index (χ1n) is 10.2. The summed E-state index contributed by atoms with van der Waals surface area (Å²) in [6.07, 6.45) is 7.85. The predicted molar refractivity (Wildman–Crippen MR) is 106 cm³/mol. The highest BCUT2D eigenvalue weighted by atomic mass is 16.7. The van der Waals surface area contributed by atoms with Crippen molar-refractivity contribution in [3.8, 4) is 0 Å². The SMILES string of the molecule is CC(C)(C)/C=C/[C@@H](OCc1ccccc1)[C@@H](O)[C@@H]1COC2(CCCCC2)O1. The molecule has 1 heterocycles. The maximum absolute atomic E-state index is 11.0. The Balaban J connectivity index is 1.66. The minimum Gasteiger partial charge on any atom is -0.387 e. The van der Waals surface area contributed by atoms with Gasteiger partial charge in [0, 0.05) is 12.8 Å². The molecule has 1 aliphatic carbocycles. The van der Waals surface area contributed by atoms with Crippen molar-refractivity contribution in [3.63, 3.8) is 0 Å². The zero-order valence-corrected chi connectivity index (χ0v) is 16.9. The van der Waals surface area contributed by atoms with E-state index < -0.39 is 18.0 Å². The van der Waals surface area contributed by atoms with E-state index in [2.05, 4.69) is 26.8 Å². The molecule has 1 aromatic rings. The molecule has 3 rings (SSSR count). The molecule has 1 spiro atoms. The van der Waals surface area contributed by atoms with Gasteiger partial charge in [0.2, 0.25) is 0 Å². The molecule has 150 valence electrons. The molecule has 0 unspecified atom stereocenters. The third kappa shape index (κ3) is 5.89. The fourth-order valence-electron chi connectivity index (χ4n) is 3.73. The van der Waals surface area contributed by atoms with Crippen LogP contribution in [0.25, 0.3) is 0 Å². The standard InChI is InChI=1S/C23H34O4/c1-22(2,3)15-12-19(25-16-18-10-6-4-7-11-18)21(24)20-17-26-23(27-20)13-8-5-9-14-23/h4,6-7,10-12,15,19-21,24H,5,8-9,13-14,16-17H2,1-3H3/b15-12+/t19-,20+,21-/m1/s1. The number of hydrogen-bond acceptors (Lipinski definition) is 4. The topological polar surface area (TPSA) is 47.9 Å². The second-order valence-electron chi connectivity index (χ2n) is 8.92. The van der Waals surface area contributed by atoms with Crippen molar-refractivity contribution in [1.29, 1.82) is 0 Å². The summed E-state index contributed by atoms with van der Waals surface area (Å²) < 4.78 is 18.3. The minimum atomic E-state index is -0.756. The summed E-state index contributed by atoms with van der Waals surface area (Å²) in [5.74, 6) is -0.485. The van der Waals surface area contributed by atoms with Crippen LogP contribution in [0.3, 0.4) is 0 Å². The number of aliphatic hydroxyl groups excluding tert-OH is 1. The van der Waals surface area contributed by atoms with Crippen molar-refractivity contribution in [2.45, 2.75) is 83.6 Å². The minimum absolute atomic E-state index is 0.0195. The number of benzene rings is 1. The Morgan fingerprint density at radius 3 is 2.56 bits per heavy atom. The Labute approximate surface area is 163 Å². The van der Waals surface area contributed by atoms with Gasteiger partial charge < -0.3 is 19.3 Å². The van der Waals surface area contributed by atoms with Crippen LogP contribution >= 0.6 is 0 Å². The van der Waals surface area contributed by atoms with Crippen LogP contribution in [0.15, 0.2) is 42.5 Å². The van der Waals surface area contributed by atoms with Gasteiger partial charge in [0.05, 0.1) is 13.2 Å². The molecular weight excluding hydrogens is 340 g/mol. The summed E-state index contributed by atoms with van der Waals surface area (Å²) in [5.41, 5.74) is 1.11. The van der Waals surface area contributed by atoms with E-state index in [0.717, 1.165) is 31.2 Å². The molecule has 4 heteroatoms. The van der Waals surface area contributed by atoms with E-state index in [1.54, 1.807) is 0 Å². The first kappa shape index (κ1) is 20.5. The molecule has 3 atom stereocenters. The lowest BCUT2D eigenvalue weighted by Crippen LogP contribution is -2.41. The Morgan fingerprint density at radius 2 is 1.89 bits per heavy atom. The molecule has 0 aromatic heterocycles. The van der Waals surface area contributed by atoms with E-state index in [0.29, 0.717) is 13.2 Å². The molecule has 0 bridgehead atoms. The van der Waals surface area contributed by atoms with Crippen LogP contribution in [-0.2, 0) is 20.8 Å². The van der Waals surface area contributed by atoms with Gasteiger partial charge in [0.25, 0.3) is 0 Å². The van der Waals surface area contributed by atoms with Gasteiger partial charge in [-0.05, 0) is 23.8 Å². The molecular formula is C23H34O4. The van der Waals surface area contributed by atoms with Crippen LogP contribution in [0.5, 0.6) is 0 Å². The molecule has 1 saturated heterocycles. The first-order valence-corrected chi connectivity index (χ1v) is 10.2. The van der Waals surface area contributed by atoms with Crippen molar-refractivity contribution in [2.24, 2.45) is 5.41 Å². The molecule has 1 aromatic carbocycles. The zero-order chi connectivity index (χ0) is 19.3. The largest absolute Gasteiger partial charge is 0.387 e. The maximum Gasteiger partial charge on any atom is 0.169 e. The van der Waals surface area contributed by atoms with Crippen molar-refractivity contribution in [1.82, 2.24) is 0 Å². The van der Waals surface area contributed by atoms with Crippen LogP contribution in [0, 0.1) is 5.41 Å². The molecule has 2 fully saturated rings. The van der Waals surface area contributed by atoms with Crippen LogP contribution in [-0.4, -0.2) is 35.8 Å². The van der Waals surface area contributed by atoms with E-state index in [9.17, 15) is 5.11 Å².